The Morgan fingerprint density at radius 1 is 1.07 bits per heavy atom. The first kappa shape index (κ1) is 27.9. The number of aromatic nitrogens is 1. The summed E-state index contributed by atoms with van der Waals surface area (Å²) in [6, 6.07) is 18.3. The standard InChI is InChI=1S/C28H27ClN8O3/c29-19-7-10-25(37(32)16-34-31)18(13-19)6-11-26(38)36-24(12-17-4-2-1-3-5-17)28(40)35-20-8-9-23-21(14-20)22(15-33-23)27(30)39/h1-11,13-16,24,33H,12,31-32H2,(H2,30,39)(H,35,40)(H,36,38)/b11-6+,34-16-. The summed E-state index contributed by atoms with van der Waals surface area (Å²) in [5.74, 6) is 9.58. The number of carbonyl (C=O) groups is 3. The van der Waals surface area contributed by atoms with Gasteiger partial charge in [0.1, 0.15) is 12.4 Å². The second-order valence-corrected chi connectivity index (χ2v) is 9.21. The monoisotopic (exact) mass is 558 g/mol. The molecule has 0 aliphatic heterocycles. The van der Waals surface area contributed by atoms with E-state index >= 15 is 0 Å². The van der Waals surface area contributed by atoms with E-state index in [1.54, 1.807) is 36.4 Å². The third-order valence-electron chi connectivity index (χ3n) is 6.00. The molecule has 4 rings (SSSR count). The Bertz CT molecular complexity index is 1600. The summed E-state index contributed by atoms with van der Waals surface area (Å²) in [5.41, 5.74) is 8.77. The maximum atomic E-state index is 13.4. The maximum absolute atomic E-state index is 13.4. The Morgan fingerprint density at radius 3 is 2.58 bits per heavy atom. The van der Waals surface area contributed by atoms with Crippen molar-refractivity contribution in [2.75, 3.05) is 10.3 Å². The minimum atomic E-state index is -0.925. The zero-order valence-corrected chi connectivity index (χ0v) is 21.9. The van der Waals surface area contributed by atoms with E-state index in [1.807, 2.05) is 30.3 Å². The number of fused-ring (bicyclic) bond motifs is 1. The first-order valence-corrected chi connectivity index (χ1v) is 12.4. The molecule has 0 saturated carbocycles. The summed E-state index contributed by atoms with van der Waals surface area (Å²) in [6.07, 6.45) is 5.75. The van der Waals surface area contributed by atoms with Crippen LogP contribution in [0.3, 0.4) is 0 Å². The number of nitrogens with two attached hydrogens (primary N) is 3. The number of aromatic amines is 1. The molecule has 11 nitrogen and oxygen atoms in total. The van der Waals surface area contributed by atoms with Gasteiger partial charge in [-0.3, -0.25) is 19.4 Å². The molecule has 12 heteroatoms. The number of hydrogen-bond donors (Lipinski definition) is 6. The van der Waals surface area contributed by atoms with Crippen LogP contribution in [0.1, 0.15) is 21.5 Å². The van der Waals surface area contributed by atoms with Gasteiger partial charge in [-0.25, -0.2) is 5.84 Å². The minimum absolute atomic E-state index is 0.233. The molecule has 9 N–H and O–H groups in total. The van der Waals surface area contributed by atoms with Crippen molar-refractivity contribution < 1.29 is 14.4 Å². The molecule has 204 valence electrons. The SMILES string of the molecule is N/N=C\N(N)c1ccc(Cl)cc1/C=C/C(=O)NC(Cc1ccccc1)C(=O)Nc1ccc2[nH]cc(C(N)=O)c2c1. The van der Waals surface area contributed by atoms with Crippen molar-refractivity contribution in [1.29, 1.82) is 0 Å². The second-order valence-electron chi connectivity index (χ2n) is 8.78. The Morgan fingerprint density at radius 2 is 1.85 bits per heavy atom. The summed E-state index contributed by atoms with van der Waals surface area (Å²) in [4.78, 5) is 41.0. The highest BCUT2D eigenvalue weighted by Gasteiger charge is 2.21. The molecule has 4 aromatic rings. The lowest BCUT2D eigenvalue weighted by atomic mass is 10.0. The highest BCUT2D eigenvalue weighted by molar-refractivity contribution is 6.30. The normalized spacial score (nSPS) is 12.1. The predicted octanol–water partition coefficient (Wildman–Crippen LogP) is 2.88. The van der Waals surface area contributed by atoms with Crippen LogP contribution in [0.4, 0.5) is 11.4 Å². The van der Waals surface area contributed by atoms with E-state index in [0.29, 0.717) is 38.4 Å². The highest BCUT2D eigenvalue weighted by Crippen LogP contribution is 2.24. The fourth-order valence-corrected chi connectivity index (χ4v) is 4.28. The minimum Gasteiger partial charge on any atom is -0.366 e. The van der Waals surface area contributed by atoms with E-state index in [1.165, 1.54) is 29.7 Å². The van der Waals surface area contributed by atoms with Crippen LogP contribution in [0.15, 0.2) is 84.1 Å². The molecule has 1 aromatic heterocycles. The number of benzene rings is 3. The average molecular weight is 559 g/mol. The van der Waals surface area contributed by atoms with Gasteiger partial charge in [-0.15, -0.1) is 0 Å². The van der Waals surface area contributed by atoms with Crippen molar-refractivity contribution >= 4 is 64.0 Å². The number of amides is 3. The van der Waals surface area contributed by atoms with Gasteiger partial charge in [-0.1, -0.05) is 41.9 Å². The molecule has 40 heavy (non-hydrogen) atoms. The first-order valence-electron chi connectivity index (χ1n) is 12.1. The Kier molecular flexibility index (Phi) is 8.79. The van der Waals surface area contributed by atoms with Crippen LogP contribution in [0, 0.1) is 0 Å². The van der Waals surface area contributed by atoms with E-state index in [4.69, 9.17) is 29.0 Å². The zero-order valence-electron chi connectivity index (χ0n) is 21.2. The van der Waals surface area contributed by atoms with E-state index in [-0.39, 0.29) is 6.42 Å². The highest BCUT2D eigenvalue weighted by atomic mass is 35.5. The molecule has 0 aliphatic rings. The van der Waals surface area contributed by atoms with Crippen LogP contribution in [0.2, 0.25) is 5.02 Å². The molecule has 0 aliphatic carbocycles. The number of hydrogen-bond acceptors (Lipinski definition) is 6. The lowest BCUT2D eigenvalue weighted by Gasteiger charge is -2.18. The molecule has 1 atom stereocenters. The van der Waals surface area contributed by atoms with Crippen molar-refractivity contribution in [3.05, 3.63) is 101 Å². The first-order chi connectivity index (χ1) is 19.2. The lowest BCUT2D eigenvalue weighted by molar-refractivity contribution is -0.123. The lowest BCUT2D eigenvalue weighted by Crippen LogP contribution is -2.44. The number of nitrogens with zero attached hydrogens (tertiary/aromatic N) is 2. The molecule has 1 unspecified atom stereocenters. The van der Waals surface area contributed by atoms with E-state index in [0.717, 1.165) is 5.56 Å². The molecule has 0 fully saturated rings. The van der Waals surface area contributed by atoms with Gasteiger partial charge in [0.05, 0.1) is 11.3 Å². The number of halogens is 1. The molecular formula is C28H27ClN8O3. The summed E-state index contributed by atoms with van der Waals surface area (Å²) < 4.78 is 0. The Hall–Kier alpha value is -5.13. The number of H-pyrrole nitrogens is 1. The largest absolute Gasteiger partial charge is 0.366 e. The van der Waals surface area contributed by atoms with Crippen LogP contribution in [0.25, 0.3) is 17.0 Å². The number of rotatable bonds is 10. The molecule has 0 saturated heterocycles. The number of nitrogens with one attached hydrogen (secondary N) is 3. The third-order valence-corrected chi connectivity index (χ3v) is 6.24. The van der Waals surface area contributed by atoms with Crippen molar-refractivity contribution in [2.24, 2.45) is 22.5 Å². The third kappa shape index (κ3) is 6.84. The maximum Gasteiger partial charge on any atom is 0.250 e. The van der Waals surface area contributed by atoms with Crippen molar-refractivity contribution in [2.45, 2.75) is 12.5 Å². The molecule has 0 radical (unpaired) electrons. The fourth-order valence-electron chi connectivity index (χ4n) is 4.10. The van der Waals surface area contributed by atoms with Crippen LogP contribution in [-0.4, -0.2) is 35.1 Å². The quantitative estimate of drug-likeness (QED) is 0.0571. The molecule has 0 bridgehead atoms. The summed E-state index contributed by atoms with van der Waals surface area (Å²) in [7, 11) is 0. The van der Waals surface area contributed by atoms with E-state index in [2.05, 4.69) is 20.7 Å². The summed E-state index contributed by atoms with van der Waals surface area (Å²) in [5, 5.41) is 11.2. The smallest absolute Gasteiger partial charge is 0.250 e. The van der Waals surface area contributed by atoms with Crippen LogP contribution in [0.5, 0.6) is 0 Å². The number of anilines is 2. The molecule has 3 aromatic carbocycles. The van der Waals surface area contributed by atoms with Crippen molar-refractivity contribution in [3.8, 4) is 0 Å². The van der Waals surface area contributed by atoms with Gasteiger partial charge in [-0.05, 0) is 48.0 Å². The van der Waals surface area contributed by atoms with Crippen molar-refractivity contribution in [1.82, 2.24) is 10.3 Å². The second kappa shape index (κ2) is 12.6. The predicted molar refractivity (Wildman–Crippen MR) is 157 cm³/mol. The molecule has 3 amide bonds. The number of primary amides is 1. The van der Waals surface area contributed by atoms with E-state index in [9.17, 15) is 14.4 Å². The Labute approximate surface area is 234 Å². The zero-order chi connectivity index (χ0) is 28.6. The van der Waals surface area contributed by atoms with Crippen LogP contribution in [-0.2, 0) is 16.0 Å². The summed E-state index contributed by atoms with van der Waals surface area (Å²) in [6.45, 7) is 0. The number of hydrazone groups is 1. The average Bonchev–Trinajstić information content (AvgIpc) is 3.36. The van der Waals surface area contributed by atoms with Gasteiger partial charge >= 0.3 is 0 Å². The van der Waals surface area contributed by atoms with Crippen LogP contribution >= 0.6 is 11.6 Å². The van der Waals surface area contributed by atoms with Crippen LogP contribution < -0.4 is 33.1 Å². The topological polar surface area (TPSA) is 185 Å². The van der Waals surface area contributed by atoms with Crippen molar-refractivity contribution in [3.63, 3.8) is 0 Å². The van der Waals surface area contributed by atoms with Gasteiger partial charge in [0.15, 0.2) is 0 Å². The molecule has 0 spiro atoms. The Balaban J connectivity index is 1.56. The fraction of sp³-hybridized carbons (Fsp3) is 0.0714. The van der Waals surface area contributed by atoms with Gasteiger partial charge in [0.25, 0.3) is 5.91 Å². The summed E-state index contributed by atoms with van der Waals surface area (Å²) >= 11 is 6.13. The molecule has 1 heterocycles. The molecular weight excluding hydrogens is 532 g/mol. The van der Waals surface area contributed by atoms with Gasteiger partial charge in [0.2, 0.25) is 11.8 Å². The number of carbonyl (C=O) groups excluding carboxylic acids is 3. The van der Waals surface area contributed by atoms with Gasteiger partial charge in [0, 0.05) is 45.9 Å². The van der Waals surface area contributed by atoms with Gasteiger partial charge in [-0.2, -0.15) is 5.10 Å². The van der Waals surface area contributed by atoms with E-state index < -0.39 is 23.8 Å². The number of hydrazine groups is 1. The van der Waals surface area contributed by atoms with Gasteiger partial charge < -0.3 is 27.2 Å².